The van der Waals surface area contributed by atoms with Crippen LogP contribution >= 0.6 is 0 Å². The molecule has 4 heteroatoms. The van der Waals surface area contributed by atoms with Gasteiger partial charge < -0.3 is 10.1 Å². The summed E-state index contributed by atoms with van der Waals surface area (Å²) in [6.07, 6.45) is 1.35. The van der Waals surface area contributed by atoms with E-state index in [4.69, 9.17) is 4.74 Å². The van der Waals surface area contributed by atoms with Crippen LogP contribution in [0.1, 0.15) is 42.9 Å². The summed E-state index contributed by atoms with van der Waals surface area (Å²) in [5.41, 5.74) is 1.99. The number of carbonyl (C=O) groups excluding carboxylic acids is 1. The molecule has 30 heavy (non-hydrogen) atoms. The van der Waals surface area contributed by atoms with Gasteiger partial charge in [-0.15, -0.1) is 0 Å². The number of rotatable bonds is 2. The van der Waals surface area contributed by atoms with Gasteiger partial charge in [-0.05, 0) is 34.9 Å². The molecule has 3 aliphatic heterocycles. The molecule has 0 spiro atoms. The highest BCUT2D eigenvalue weighted by molar-refractivity contribution is 5.86. The van der Waals surface area contributed by atoms with Gasteiger partial charge in [-0.3, -0.25) is 9.69 Å². The first kappa shape index (κ1) is 18.0. The Labute approximate surface area is 176 Å². The zero-order valence-electron chi connectivity index (χ0n) is 17.2. The first-order valence-electron chi connectivity index (χ1n) is 11.0. The molecule has 0 aromatic heterocycles. The number of piperidine rings is 2. The van der Waals surface area contributed by atoms with Crippen molar-refractivity contribution in [2.75, 3.05) is 13.1 Å². The van der Waals surface area contributed by atoms with Crippen LogP contribution in [0.15, 0.2) is 66.7 Å². The maximum atomic E-state index is 12.5. The zero-order valence-corrected chi connectivity index (χ0v) is 17.2. The number of carbonyl (C=O) groups is 1. The Morgan fingerprint density at radius 3 is 2.80 bits per heavy atom. The molecule has 2 fully saturated rings. The van der Waals surface area contributed by atoms with Gasteiger partial charge >= 0.3 is 0 Å². The van der Waals surface area contributed by atoms with Crippen LogP contribution in [0.3, 0.4) is 0 Å². The van der Waals surface area contributed by atoms with Crippen LogP contribution in [0.25, 0.3) is 10.8 Å². The predicted octanol–water partition coefficient (Wildman–Crippen LogP) is 4.62. The Morgan fingerprint density at radius 2 is 1.87 bits per heavy atom. The fraction of sp³-hybridized carbons (Fsp3) is 0.346. The monoisotopic (exact) mass is 398 g/mol. The van der Waals surface area contributed by atoms with Crippen LogP contribution in [-0.2, 0) is 4.79 Å². The van der Waals surface area contributed by atoms with Crippen LogP contribution < -0.4 is 10.1 Å². The summed E-state index contributed by atoms with van der Waals surface area (Å²) in [7, 11) is 0. The number of hydrogen-bond acceptors (Lipinski definition) is 3. The lowest BCUT2D eigenvalue weighted by atomic mass is 9.69. The second kappa shape index (κ2) is 6.58. The van der Waals surface area contributed by atoms with Crippen LogP contribution in [0.2, 0.25) is 0 Å². The van der Waals surface area contributed by atoms with Gasteiger partial charge in [0.05, 0.1) is 0 Å². The molecule has 152 valence electrons. The lowest BCUT2D eigenvalue weighted by Gasteiger charge is -2.56. The third kappa shape index (κ3) is 2.60. The van der Waals surface area contributed by atoms with Crippen molar-refractivity contribution >= 4 is 16.7 Å². The third-order valence-corrected chi connectivity index (χ3v) is 7.47. The summed E-state index contributed by atoms with van der Waals surface area (Å²) >= 11 is 0. The molecule has 4 nitrogen and oxygen atoms in total. The lowest BCUT2D eigenvalue weighted by molar-refractivity contribution is -0.154. The SMILES string of the molecule is C[C@H](c1cccc2ccccc12)N1CC[C@]23NC(=O)C[C@H](c4ccccc4O2)[C@@H]3C1. The standard InChI is InChI=1S/C26H26N2O2/c1-17(19-11-6-8-18-7-2-3-9-20(18)19)28-14-13-26-23(16-28)22(15-25(29)27-26)21-10-4-5-12-24(21)30-26/h2-12,17,22-23H,13-16H2,1H3,(H,27,29)/t17-,22-,23+,26+/m1/s1. The Kier molecular flexibility index (Phi) is 3.94. The molecular weight excluding hydrogens is 372 g/mol. The van der Waals surface area contributed by atoms with Crippen molar-refractivity contribution < 1.29 is 9.53 Å². The Bertz CT molecular complexity index is 1140. The van der Waals surface area contributed by atoms with Crippen LogP contribution in [0.5, 0.6) is 5.75 Å². The van der Waals surface area contributed by atoms with Gasteiger partial charge in [-0.2, -0.15) is 0 Å². The minimum atomic E-state index is -0.566. The van der Waals surface area contributed by atoms with Gasteiger partial charge in [-0.25, -0.2) is 0 Å². The molecule has 2 saturated heterocycles. The van der Waals surface area contributed by atoms with E-state index in [1.165, 1.54) is 21.9 Å². The van der Waals surface area contributed by atoms with Gasteiger partial charge in [0.15, 0.2) is 5.72 Å². The van der Waals surface area contributed by atoms with E-state index in [1.54, 1.807) is 0 Å². The van der Waals surface area contributed by atoms with E-state index in [0.717, 1.165) is 25.3 Å². The molecule has 2 bridgehead atoms. The molecule has 1 N–H and O–H groups in total. The van der Waals surface area contributed by atoms with Gasteiger partial charge in [-0.1, -0.05) is 60.7 Å². The molecule has 1 amide bonds. The van der Waals surface area contributed by atoms with E-state index in [9.17, 15) is 4.79 Å². The van der Waals surface area contributed by atoms with Crippen molar-refractivity contribution in [1.82, 2.24) is 10.2 Å². The van der Waals surface area contributed by atoms with Gasteiger partial charge in [0.1, 0.15) is 5.75 Å². The maximum Gasteiger partial charge on any atom is 0.223 e. The molecule has 0 radical (unpaired) electrons. The summed E-state index contributed by atoms with van der Waals surface area (Å²) in [5, 5.41) is 5.86. The van der Waals surface area contributed by atoms with E-state index >= 15 is 0 Å². The third-order valence-electron chi connectivity index (χ3n) is 7.47. The number of amides is 1. The van der Waals surface area contributed by atoms with E-state index < -0.39 is 5.72 Å². The van der Waals surface area contributed by atoms with Crippen molar-refractivity contribution in [3.05, 3.63) is 77.9 Å². The number of nitrogens with zero attached hydrogens (tertiary/aromatic N) is 1. The normalized spacial score (nSPS) is 28.8. The second-order valence-electron chi connectivity index (χ2n) is 8.98. The fourth-order valence-corrected chi connectivity index (χ4v) is 5.94. The van der Waals surface area contributed by atoms with Crippen molar-refractivity contribution in [1.29, 1.82) is 0 Å². The molecule has 6 rings (SSSR count). The minimum Gasteiger partial charge on any atom is -0.467 e. The summed E-state index contributed by atoms with van der Waals surface area (Å²) in [4.78, 5) is 15.1. The average molecular weight is 399 g/mol. The summed E-state index contributed by atoms with van der Waals surface area (Å²) in [5.74, 6) is 1.53. The summed E-state index contributed by atoms with van der Waals surface area (Å²) in [6.45, 7) is 4.13. The number of benzene rings is 3. The number of ether oxygens (including phenoxy) is 1. The summed E-state index contributed by atoms with van der Waals surface area (Å²) < 4.78 is 6.51. The van der Waals surface area contributed by atoms with Crippen molar-refractivity contribution in [3.63, 3.8) is 0 Å². The van der Waals surface area contributed by atoms with Gasteiger partial charge in [0, 0.05) is 43.8 Å². The number of likely N-dealkylation sites (tertiary alicyclic amines) is 1. The Balaban J connectivity index is 1.36. The van der Waals surface area contributed by atoms with Crippen LogP contribution in [0, 0.1) is 5.92 Å². The quantitative estimate of drug-likeness (QED) is 0.685. The van der Waals surface area contributed by atoms with Crippen LogP contribution in [0.4, 0.5) is 0 Å². The molecule has 3 aromatic rings. The minimum absolute atomic E-state index is 0.112. The van der Waals surface area contributed by atoms with E-state index in [2.05, 4.69) is 71.7 Å². The largest absolute Gasteiger partial charge is 0.467 e. The van der Waals surface area contributed by atoms with E-state index in [-0.39, 0.29) is 17.7 Å². The smallest absolute Gasteiger partial charge is 0.223 e. The Hall–Kier alpha value is -2.85. The lowest BCUT2D eigenvalue weighted by Crippen LogP contribution is -2.70. The van der Waals surface area contributed by atoms with Crippen molar-refractivity contribution in [3.8, 4) is 5.75 Å². The molecule has 0 saturated carbocycles. The molecule has 0 unspecified atom stereocenters. The molecule has 3 heterocycles. The first-order chi connectivity index (χ1) is 14.6. The molecule has 3 aliphatic rings. The van der Waals surface area contributed by atoms with Gasteiger partial charge in [0.25, 0.3) is 0 Å². The summed E-state index contributed by atoms with van der Waals surface area (Å²) in [6, 6.07) is 23.8. The number of hydrogen-bond donors (Lipinski definition) is 1. The van der Waals surface area contributed by atoms with Crippen molar-refractivity contribution in [2.45, 2.75) is 37.5 Å². The highest BCUT2D eigenvalue weighted by Gasteiger charge is 2.57. The average Bonchev–Trinajstić information content (AvgIpc) is 2.77. The maximum absolute atomic E-state index is 12.5. The van der Waals surface area contributed by atoms with Crippen LogP contribution in [-0.4, -0.2) is 29.6 Å². The highest BCUT2D eigenvalue weighted by atomic mass is 16.5. The molecular formula is C26H26N2O2. The topological polar surface area (TPSA) is 41.6 Å². The molecule has 0 aliphatic carbocycles. The Morgan fingerprint density at radius 1 is 1.07 bits per heavy atom. The van der Waals surface area contributed by atoms with Crippen molar-refractivity contribution in [2.24, 2.45) is 5.92 Å². The fourth-order valence-electron chi connectivity index (χ4n) is 5.94. The number of para-hydroxylation sites is 1. The highest BCUT2D eigenvalue weighted by Crippen LogP contribution is 2.52. The van der Waals surface area contributed by atoms with E-state index in [0.29, 0.717) is 12.5 Å². The molecule has 3 aromatic carbocycles. The second-order valence-corrected chi connectivity index (χ2v) is 8.98. The number of fused-ring (bicyclic) bond motifs is 3. The predicted molar refractivity (Wildman–Crippen MR) is 117 cm³/mol. The van der Waals surface area contributed by atoms with Gasteiger partial charge in [0.2, 0.25) is 5.91 Å². The zero-order chi connectivity index (χ0) is 20.3. The molecule has 4 atom stereocenters. The number of nitrogens with one attached hydrogen (secondary N) is 1. The first-order valence-corrected chi connectivity index (χ1v) is 11.0. The van der Waals surface area contributed by atoms with E-state index in [1.807, 2.05) is 12.1 Å².